The molecule has 0 spiro atoms. The molecule has 0 atom stereocenters. The van der Waals surface area contributed by atoms with Gasteiger partial charge in [0.25, 0.3) is 0 Å². The van der Waals surface area contributed by atoms with Crippen molar-refractivity contribution in [3.8, 4) is 0 Å². The van der Waals surface area contributed by atoms with Gasteiger partial charge in [0.1, 0.15) is 6.54 Å². The second-order valence-corrected chi connectivity index (χ2v) is 7.65. The summed E-state index contributed by atoms with van der Waals surface area (Å²) in [6, 6.07) is 0. The zero-order valence-electron chi connectivity index (χ0n) is 13.4. The number of nitrogens with zero attached hydrogens (tertiary/aromatic N) is 1. The Morgan fingerprint density at radius 1 is 0.864 bits per heavy atom. The molecule has 0 aromatic carbocycles. The predicted octanol–water partition coefficient (Wildman–Crippen LogP) is 5.03. The maximum absolute atomic E-state index is 10.7. The van der Waals surface area contributed by atoms with Crippen LogP contribution in [-0.2, 0) is 4.74 Å². The third kappa shape index (κ3) is 36.8. The molecule has 0 heterocycles. The number of likely N-dealkylation sites (N-methyl/N-ethyl adjacent to an activating group) is 1. The van der Waals surface area contributed by atoms with Crippen molar-refractivity contribution in [3.05, 3.63) is 0 Å². The second kappa shape index (κ2) is 8.66. The molecule has 140 valence electrons. The van der Waals surface area contributed by atoms with Gasteiger partial charge in [0.2, 0.25) is 0 Å². The number of quaternary nitrogens is 1. The molecule has 0 aliphatic rings. The summed E-state index contributed by atoms with van der Waals surface area (Å²) in [6.07, 6.45) is 5.30. The second-order valence-electron chi connectivity index (χ2n) is 5.74. The van der Waals surface area contributed by atoms with Crippen molar-refractivity contribution in [2.45, 2.75) is 32.6 Å². The summed E-state index contributed by atoms with van der Waals surface area (Å²) in [6.45, 7) is 5.85. The van der Waals surface area contributed by atoms with Crippen LogP contribution in [0.15, 0.2) is 0 Å². The molecule has 1 N–H and O–H groups in total. The Morgan fingerprint density at radius 2 is 1.36 bits per heavy atom. The third-order valence-corrected chi connectivity index (χ3v) is 2.69. The van der Waals surface area contributed by atoms with E-state index in [0.29, 0.717) is 6.61 Å². The van der Waals surface area contributed by atoms with E-state index in [-0.39, 0.29) is 6.61 Å². The first-order valence-corrected chi connectivity index (χ1v) is 9.17. The van der Waals surface area contributed by atoms with Crippen LogP contribution in [-0.4, -0.2) is 56.6 Å². The number of unbranched alkanes of at least 4 members (excludes halogenated alkanes) is 3. The number of halogens is 6. The van der Waals surface area contributed by atoms with E-state index in [1.165, 1.54) is 32.2 Å². The molecule has 22 heavy (non-hydrogen) atoms. The third-order valence-electron chi connectivity index (χ3n) is 2.69. The van der Waals surface area contributed by atoms with Crippen LogP contribution in [0.25, 0.3) is 0 Å². The number of hydrogen-bond acceptors (Lipinski definition) is 2. The van der Waals surface area contributed by atoms with Gasteiger partial charge in [0.15, 0.2) is 0 Å². The molecule has 0 rings (SSSR count). The van der Waals surface area contributed by atoms with E-state index >= 15 is 0 Å². The summed E-state index contributed by atoms with van der Waals surface area (Å²) >= 11 is 0. The fourth-order valence-electron chi connectivity index (χ4n) is 1.56. The van der Waals surface area contributed by atoms with Crippen LogP contribution in [0.3, 0.4) is 0 Å². The van der Waals surface area contributed by atoms with Gasteiger partial charge in [-0.1, -0.05) is 19.8 Å². The molecule has 0 amide bonds. The molecular weight excluding hydrogens is 335 g/mol. The number of aliphatic hydroxyl groups excluding tert-OH is 1. The molecule has 0 aromatic heterocycles. The van der Waals surface area contributed by atoms with Crippen molar-refractivity contribution in [2.75, 3.05) is 47.0 Å². The molecule has 0 fully saturated rings. The minimum absolute atomic E-state index is 0.129. The Bertz CT molecular complexity index is 268. The Morgan fingerprint density at radius 3 is 1.77 bits per heavy atom. The molecule has 0 aromatic rings. The fourth-order valence-corrected chi connectivity index (χ4v) is 1.56. The molecule has 0 bridgehead atoms. The van der Waals surface area contributed by atoms with E-state index in [2.05, 4.69) is 21.0 Å². The molecule has 0 aliphatic heterocycles. The Hall–Kier alpha value is -0.110. The Kier molecular flexibility index (Phi) is 9.51. The van der Waals surface area contributed by atoms with Gasteiger partial charge in [-0.2, -0.15) is 0 Å². The number of hydrogen-bond donors (Lipinski definition) is 1. The van der Waals surface area contributed by atoms with E-state index in [1.807, 2.05) is 0 Å². The van der Waals surface area contributed by atoms with Gasteiger partial charge in [-0.05, 0) is 12.8 Å². The van der Waals surface area contributed by atoms with E-state index in [9.17, 15) is 25.2 Å². The quantitative estimate of drug-likeness (QED) is 0.255. The van der Waals surface area contributed by atoms with Gasteiger partial charge < -0.3 is 14.3 Å². The van der Waals surface area contributed by atoms with Gasteiger partial charge in [-0.25, -0.2) is 0 Å². The standard InChI is InChI=1S/C12H28NO2.F6P/c1-4-5-6-7-8-13(2,3)9-11-15-12-10-14;1-7(2,3,4,5)6/h14H,4-12H2,1-3H3;/q+1;-1. The zero-order valence-corrected chi connectivity index (χ0v) is 14.3. The van der Waals surface area contributed by atoms with Crippen molar-refractivity contribution >= 4 is 7.81 Å². The zero-order chi connectivity index (χ0) is 18.0. The van der Waals surface area contributed by atoms with Gasteiger partial charge in [-0.15, -0.1) is 0 Å². The SMILES string of the molecule is CCCCCC[N+](C)(C)CCOCCO.F[P-](F)(F)(F)(F)F. The summed E-state index contributed by atoms with van der Waals surface area (Å²) in [4.78, 5) is 0. The molecule has 0 aliphatic carbocycles. The summed E-state index contributed by atoms with van der Waals surface area (Å²) in [5.41, 5.74) is 0. The van der Waals surface area contributed by atoms with Crippen LogP contribution in [0, 0.1) is 0 Å². The molecule has 0 saturated carbocycles. The Labute approximate surface area is 128 Å². The van der Waals surface area contributed by atoms with Crippen molar-refractivity contribution in [2.24, 2.45) is 0 Å². The summed E-state index contributed by atoms with van der Waals surface area (Å²) in [5.74, 6) is 0. The van der Waals surface area contributed by atoms with Crippen LogP contribution >= 0.6 is 7.81 Å². The first-order valence-electron chi connectivity index (χ1n) is 7.14. The topological polar surface area (TPSA) is 29.5 Å². The van der Waals surface area contributed by atoms with Crippen LogP contribution in [0.4, 0.5) is 25.2 Å². The number of ether oxygens (including phenoxy) is 1. The molecule has 0 unspecified atom stereocenters. The van der Waals surface area contributed by atoms with Crippen LogP contribution < -0.4 is 0 Å². The molecule has 3 nitrogen and oxygen atoms in total. The van der Waals surface area contributed by atoms with E-state index < -0.39 is 7.81 Å². The van der Waals surface area contributed by atoms with Crippen LogP contribution in [0.2, 0.25) is 0 Å². The van der Waals surface area contributed by atoms with Crippen molar-refractivity contribution in [3.63, 3.8) is 0 Å². The molecule has 10 heteroatoms. The first-order chi connectivity index (χ1) is 9.57. The summed E-state index contributed by atoms with van der Waals surface area (Å²) in [7, 11) is -6.17. The van der Waals surface area contributed by atoms with Crippen LogP contribution in [0.1, 0.15) is 32.6 Å². The van der Waals surface area contributed by atoms with Crippen molar-refractivity contribution in [1.29, 1.82) is 0 Å². The number of aliphatic hydroxyl groups is 1. The Balaban J connectivity index is 0. The average molecular weight is 363 g/mol. The van der Waals surface area contributed by atoms with Crippen molar-refractivity contribution < 1.29 is 39.5 Å². The fraction of sp³-hybridized carbons (Fsp3) is 1.00. The van der Waals surface area contributed by atoms with Gasteiger partial charge in [0, 0.05) is 0 Å². The van der Waals surface area contributed by atoms with E-state index in [4.69, 9.17) is 9.84 Å². The van der Waals surface area contributed by atoms with E-state index in [0.717, 1.165) is 17.6 Å². The van der Waals surface area contributed by atoms with Gasteiger partial charge in [-0.3, -0.25) is 0 Å². The van der Waals surface area contributed by atoms with E-state index in [1.54, 1.807) is 0 Å². The van der Waals surface area contributed by atoms with Crippen molar-refractivity contribution in [1.82, 2.24) is 0 Å². The van der Waals surface area contributed by atoms with Gasteiger partial charge in [0.05, 0.1) is 40.5 Å². The summed E-state index contributed by atoms with van der Waals surface area (Å²) in [5, 5.41) is 8.57. The number of rotatable bonds is 10. The maximum atomic E-state index is 9.87. The molecule has 0 saturated heterocycles. The predicted molar refractivity (Wildman–Crippen MR) is 77.5 cm³/mol. The van der Waals surface area contributed by atoms with Gasteiger partial charge >= 0.3 is 33.0 Å². The molecule has 0 radical (unpaired) electrons. The first kappa shape index (κ1) is 24.1. The molecular formula is C12H28F6NO2P. The normalized spacial score (nSPS) is 15.5. The minimum atomic E-state index is -10.7. The average Bonchev–Trinajstić information content (AvgIpc) is 2.26. The van der Waals surface area contributed by atoms with Crippen LogP contribution in [0.5, 0.6) is 0 Å². The summed E-state index contributed by atoms with van der Waals surface area (Å²) < 4.78 is 65.5. The monoisotopic (exact) mass is 363 g/mol.